The number of hydrogen-bond donors (Lipinski definition) is 2. The predicted octanol–water partition coefficient (Wildman–Crippen LogP) is 2.19. The Morgan fingerprint density at radius 3 is 2.85 bits per heavy atom. The Bertz CT molecular complexity index is 983. The summed E-state index contributed by atoms with van der Waals surface area (Å²) in [6.07, 6.45) is 3.65. The number of ether oxygens (including phenoxy) is 1. The van der Waals surface area contributed by atoms with Crippen LogP contribution in [0, 0.1) is 0 Å². The fraction of sp³-hybridized carbons (Fsp3) is 0.150. The van der Waals surface area contributed by atoms with Crippen molar-refractivity contribution in [2.75, 3.05) is 11.9 Å². The van der Waals surface area contributed by atoms with Gasteiger partial charge in [-0.1, -0.05) is 24.3 Å². The number of rotatable bonds is 5. The molecule has 4 rings (SSSR count). The maximum Gasteiger partial charge on any atom is 0.262 e. The Hall–Kier alpha value is -3.61. The summed E-state index contributed by atoms with van der Waals surface area (Å²) in [6, 6.07) is 14.8. The summed E-state index contributed by atoms with van der Waals surface area (Å²) >= 11 is 0. The van der Waals surface area contributed by atoms with E-state index in [-0.39, 0.29) is 18.4 Å². The van der Waals surface area contributed by atoms with E-state index in [1.165, 1.54) is 0 Å². The molecule has 7 heteroatoms. The van der Waals surface area contributed by atoms with Gasteiger partial charge in [0.25, 0.3) is 11.8 Å². The molecule has 2 N–H and O–H groups in total. The van der Waals surface area contributed by atoms with E-state index in [1.54, 1.807) is 24.4 Å². The molecule has 0 unspecified atom stereocenters. The highest BCUT2D eigenvalue weighted by Crippen LogP contribution is 2.28. The zero-order valence-electron chi connectivity index (χ0n) is 14.5. The molecule has 2 heterocycles. The quantitative estimate of drug-likeness (QED) is 0.729. The van der Waals surface area contributed by atoms with Gasteiger partial charge in [0.2, 0.25) is 0 Å². The van der Waals surface area contributed by atoms with E-state index < -0.39 is 0 Å². The number of anilines is 1. The van der Waals surface area contributed by atoms with Gasteiger partial charge in [-0.2, -0.15) is 5.10 Å². The molecule has 2 aromatic carbocycles. The van der Waals surface area contributed by atoms with Crippen molar-refractivity contribution >= 4 is 17.5 Å². The van der Waals surface area contributed by atoms with E-state index in [0.717, 1.165) is 11.1 Å². The molecule has 136 valence electrons. The van der Waals surface area contributed by atoms with Crippen molar-refractivity contribution < 1.29 is 14.3 Å². The summed E-state index contributed by atoms with van der Waals surface area (Å²) < 4.78 is 7.21. The molecule has 0 spiro atoms. The van der Waals surface area contributed by atoms with Crippen LogP contribution < -0.4 is 15.4 Å². The maximum absolute atomic E-state index is 12.5. The Labute approximate surface area is 156 Å². The van der Waals surface area contributed by atoms with Crippen molar-refractivity contribution in [1.82, 2.24) is 15.1 Å². The third-order valence-corrected chi connectivity index (χ3v) is 4.33. The van der Waals surface area contributed by atoms with E-state index in [1.807, 2.05) is 41.2 Å². The molecule has 0 radical (unpaired) electrons. The number of fused-ring (bicyclic) bond motifs is 1. The van der Waals surface area contributed by atoms with Crippen molar-refractivity contribution in [1.29, 1.82) is 0 Å². The van der Waals surface area contributed by atoms with Gasteiger partial charge >= 0.3 is 0 Å². The number of aromatic nitrogens is 2. The molecule has 1 aliphatic rings. The first kappa shape index (κ1) is 16.8. The molecule has 3 aromatic rings. The molecule has 0 atom stereocenters. The van der Waals surface area contributed by atoms with Gasteiger partial charge in [0.15, 0.2) is 6.61 Å². The zero-order valence-corrected chi connectivity index (χ0v) is 14.5. The number of amides is 2. The first-order chi connectivity index (χ1) is 13.2. The second kappa shape index (κ2) is 7.33. The molecule has 0 saturated heterocycles. The van der Waals surface area contributed by atoms with Crippen LogP contribution in [0.15, 0.2) is 60.9 Å². The van der Waals surface area contributed by atoms with Gasteiger partial charge in [-0.3, -0.25) is 14.3 Å². The lowest BCUT2D eigenvalue weighted by molar-refractivity contribution is -0.118. The normalized spacial score (nSPS) is 12.7. The van der Waals surface area contributed by atoms with Gasteiger partial charge in [0.1, 0.15) is 5.75 Å². The summed E-state index contributed by atoms with van der Waals surface area (Å²) in [7, 11) is 0. The van der Waals surface area contributed by atoms with Crippen LogP contribution in [-0.2, 0) is 17.9 Å². The van der Waals surface area contributed by atoms with Gasteiger partial charge in [-0.15, -0.1) is 0 Å². The number of benzene rings is 2. The summed E-state index contributed by atoms with van der Waals surface area (Å²) in [5.74, 6) is 0.0991. The number of nitrogens with one attached hydrogen (secondary N) is 2. The predicted molar refractivity (Wildman–Crippen MR) is 99.5 cm³/mol. The summed E-state index contributed by atoms with van der Waals surface area (Å²) in [5, 5.41) is 9.87. The van der Waals surface area contributed by atoms with E-state index in [9.17, 15) is 9.59 Å². The average Bonchev–Trinajstić information content (AvgIpc) is 3.19. The van der Waals surface area contributed by atoms with Crippen LogP contribution in [0.2, 0.25) is 0 Å². The number of hydrogen-bond acceptors (Lipinski definition) is 4. The first-order valence-electron chi connectivity index (χ1n) is 8.58. The topological polar surface area (TPSA) is 85.2 Å². The second-order valence-corrected chi connectivity index (χ2v) is 6.20. The molecule has 2 amide bonds. The van der Waals surface area contributed by atoms with Gasteiger partial charge < -0.3 is 15.4 Å². The molecule has 0 saturated carbocycles. The van der Waals surface area contributed by atoms with Crippen LogP contribution >= 0.6 is 0 Å². The van der Waals surface area contributed by atoms with Gasteiger partial charge in [-0.05, 0) is 35.4 Å². The van der Waals surface area contributed by atoms with Crippen molar-refractivity contribution in [3.8, 4) is 5.75 Å². The van der Waals surface area contributed by atoms with Crippen molar-refractivity contribution in [2.45, 2.75) is 13.1 Å². The molecule has 0 aliphatic carbocycles. The van der Waals surface area contributed by atoms with Crippen LogP contribution in [0.25, 0.3) is 0 Å². The minimum Gasteiger partial charge on any atom is -0.482 e. The van der Waals surface area contributed by atoms with E-state index in [4.69, 9.17) is 4.74 Å². The zero-order chi connectivity index (χ0) is 18.6. The molecular weight excluding hydrogens is 344 g/mol. The lowest BCUT2D eigenvalue weighted by Crippen LogP contribution is -2.27. The van der Waals surface area contributed by atoms with Crippen LogP contribution in [0.4, 0.5) is 5.69 Å². The smallest absolute Gasteiger partial charge is 0.262 e. The summed E-state index contributed by atoms with van der Waals surface area (Å²) in [5.41, 5.74) is 3.18. The van der Waals surface area contributed by atoms with E-state index in [2.05, 4.69) is 15.7 Å². The van der Waals surface area contributed by atoms with E-state index in [0.29, 0.717) is 30.1 Å². The van der Waals surface area contributed by atoms with Crippen molar-refractivity contribution in [2.24, 2.45) is 0 Å². The summed E-state index contributed by atoms with van der Waals surface area (Å²) in [6.45, 7) is 1.01. The van der Waals surface area contributed by atoms with Gasteiger partial charge in [0.05, 0.1) is 12.2 Å². The lowest BCUT2D eigenvalue weighted by Gasteiger charge is -2.18. The number of nitrogens with zero attached hydrogens (tertiary/aromatic N) is 2. The van der Waals surface area contributed by atoms with Crippen molar-refractivity contribution in [3.63, 3.8) is 0 Å². The molecule has 0 fully saturated rings. The van der Waals surface area contributed by atoms with Crippen LogP contribution in [0.3, 0.4) is 0 Å². The molecule has 1 aromatic heterocycles. The highest BCUT2D eigenvalue weighted by molar-refractivity contribution is 5.98. The monoisotopic (exact) mass is 362 g/mol. The molecule has 1 aliphatic heterocycles. The third-order valence-electron chi connectivity index (χ3n) is 4.33. The molecular formula is C20H18N4O3. The highest BCUT2D eigenvalue weighted by atomic mass is 16.5. The molecule has 27 heavy (non-hydrogen) atoms. The lowest BCUT2D eigenvalue weighted by atomic mass is 10.1. The Balaban J connectivity index is 1.45. The maximum atomic E-state index is 12.5. The summed E-state index contributed by atoms with van der Waals surface area (Å²) in [4.78, 5) is 23.9. The number of carbonyl (C=O) groups excluding carboxylic acids is 2. The largest absolute Gasteiger partial charge is 0.482 e. The Morgan fingerprint density at radius 1 is 1.19 bits per heavy atom. The van der Waals surface area contributed by atoms with E-state index >= 15 is 0 Å². The average molecular weight is 362 g/mol. The highest BCUT2D eigenvalue weighted by Gasteiger charge is 2.18. The van der Waals surface area contributed by atoms with Crippen LogP contribution in [0.1, 0.15) is 21.5 Å². The minimum absolute atomic E-state index is 0.0428. The van der Waals surface area contributed by atoms with Crippen LogP contribution in [-0.4, -0.2) is 28.2 Å². The van der Waals surface area contributed by atoms with Crippen LogP contribution in [0.5, 0.6) is 5.75 Å². The van der Waals surface area contributed by atoms with Crippen molar-refractivity contribution in [3.05, 3.63) is 77.6 Å². The second-order valence-electron chi connectivity index (χ2n) is 6.20. The van der Waals surface area contributed by atoms with Gasteiger partial charge in [0, 0.05) is 24.5 Å². The third kappa shape index (κ3) is 3.82. The fourth-order valence-corrected chi connectivity index (χ4v) is 2.95. The fourth-order valence-electron chi connectivity index (χ4n) is 2.95. The van der Waals surface area contributed by atoms with Gasteiger partial charge in [-0.25, -0.2) is 0 Å². The number of carbonyl (C=O) groups is 2. The SMILES string of the molecule is O=C1COc2cc(C(=O)NCc3ccccc3Cn3cccn3)ccc2N1. The molecule has 0 bridgehead atoms. The first-order valence-corrected chi connectivity index (χ1v) is 8.58. The Kier molecular flexibility index (Phi) is 4.57. The molecule has 7 nitrogen and oxygen atoms in total. The standard InChI is InChI=1S/C20H18N4O3/c25-19-13-27-18-10-14(6-7-17(18)23-19)20(26)21-11-15-4-1-2-5-16(15)12-24-9-3-8-22-24/h1-10H,11-13H2,(H,21,26)(H,23,25). The Morgan fingerprint density at radius 2 is 2.04 bits per heavy atom. The minimum atomic E-state index is -0.202.